The number of piperidine rings is 1. The fourth-order valence-corrected chi connectivity index (χ4v) is 8.10. The summed E-state index contributed by atoms with van der Waals surface area (Å²) in [4.78, 5) is 43.4. The molecule has 7 nitrogen and oxygen atoms in total. The van der Waals surface area contributed by atoms with Crippen LogP contribution in [0.4, 0.5) is 0 Å². The van der Waals surface area contributed by atoms with Gasteiger partial charge in [0.05, 0.1) is 19.3 Å². The van der Waals surface area contributed by atoms with Gasteiger partial charge in [0.1, 0.15) is 5.41 Å². The number of esters is 1. The first-order chi connectivity index (χ1) is 21.4. The molecule has 2 aromatic rings. The highest BCUT2D eigenvalue weighted by atomic mass is 16.5. The van der Waals surface area contributed by atoms with E-state index in [4.69, 9.17) is 9.47 Å². The number of ether oxygens (including phenoxy) is 2. The molecule has 0 aromatic heterocycles. The molecule has 2 heterocycles. The molecule has 1 saturated carbocycles. The topological polar surface area (TPSA) is 84.9 Å². The van der Waals surface area contributed by atoms with Crippen LogP contribution < -0.4 is 5.32 Å². The maximum atomic E-state index is 14.3. The first-order valence-corrected chi connectivity index (χ1v) is 16.6. The molecular weight excluding hydrogens is 552 g/mol. The van der Waals surface area contributed by atoms with Crippen molar-refractivity contribution in [2.24, 2.45) is 17.3 Å². The minimum absolute atomic E-state index is 0.00753. The summed E-state index contributed by atoms with van der Waals surface area (Å²) < 4.78 is 12.1. The van der Waals surface area contributed by atoms with Crippen molar-refractivity contribution in [2.45, 2.75) is 96.3 Å². The Balaban J connectivity index is 1.27. The third kappa shape index (κ3) is 5.95. The Morgan fingerprint density at radius 3 is 2.64 bits per heavy atom. The summed E-state index contributed by atoms with van der Waals surface area (Å²) in [6.45, 7) is 2.81. The van der Waals surface area contributed by atoms with Crippen molar-refractivity contribution in [3.8, 4) is 0 Å². The molecule has 2 fully saturated rings. The number of nitrogens with one attached hydrogen (secondary N) is 1. The van der Waals surface area contributed by atoms with E-state index in [1.54, 1.807) is 0 Å². The van der Waals surface area contributed by atoms with Crippen LogP contribution in [0.1, 0.15) is 83.1 Å². The van der Waals surface area contributed by atoms with Gasteiger partial charge in [0.2, 0.25) is 11.8 Å². The molecule has 2 aliphatic heterocycles. The third-order valence-corrected chi connectivity index (χ3v) is 10.6. The number of likely N-dealkylation sites (tertiary alicyclic amines) is 1. The number of hydrogen-bond acceptors (Lipinski definition) is 5. The monoisotopic (exact) mass is 598 g/mol. The van der Waals surface area contributed by atoms with Crippen LogP contribution in [0, 0.1) is 17.3 Å². The molecule has 2 aromatic carbocycles. The average Bonchev–Trinajstić information content (AvgIpc) is 3.59. The standard InChI is InChI=1S/C37H46N2O5/c1-25-37(36(42)43-2)23-30(21-34(40)38-24-29-17-10-16-27-13-8-9-18-31(27)29)35(41)39(20-19-26-11-4-3-5-12-26)33(37)22-32(44-25)28-14-6-7-15-28/h8-11,13,16-18,22,25,28,30,32H,3-7,12,14-15,19-21,23-24H2,1-2H3,(H,38,40)/t25-,30+,32-,37+/m1/s1. The summed E-state index contributed by atoms with van der Waals surface area (Å²) in [7, 11) is 1.41. The molecule has 4 atom stereocenters. The summed E-state index contributed by atoms with van der Waals surface area (Å²) in [5.74, 6) is -0.945. The van der Waals surface area contributed by atoms with Gasteiger partial charge in [-0.2, -0.15) is 0 Å². The first-order valence-electron chi connectivity index (χ1n) is 16.6. The van der Waals surface area contributed by atoms with E-state index < -0.39 is 23.4 Å². The van der Waals surface area contributed by atoms with Crippen LogP contribution in [-0.4, -0.2) is 48.5 Å². The molecule has 0 spiro atoms. The molecule has 4 aliphatic rings. The highest BCUT2D eigenvalue weighted by Crippen LogP contribution is 2.52. The van der Waals surface area contributed by atoms with Crippen molar-refractivity contribution in [2.75, 3.05) is 13.7 Å². The van der Waals surface area contributed by atoms with Crippen molar-refractivity contribution in [3.63, 3.8) is 0 Å². The van der Waals surface area contributed by atoms with Gasteiger partial charge in [0.25, 0.3) is 0 Å². The molecule has 2 amide bonds. The first kappa shape index (κ1) is 30.6. The van der Waals surface area contributed by atoms with E-state index in [9.17, 15) is 14.4 Å². The van der Waals surface area contributed by atoms with Gasteiger partial charge in [-0.25, -0.2) is 0 Å². The summed E-state index contributed by atoms with van der Waals surface area (Å²) in [6, 6.07) is 14.2. The number of methoxy groups -OCH3 is 1. The minimum Gasteiger partial charge on any atom is -0.468 e. The van der Waals surface area contributed by atoms with E-state index in [1.165, 1.54) is 38.4 Å². The lowest BCUT2D eigenvalue weighted by molar-refractivity contribution is -0.177. The van der Waals surface area contributed by atoms with E-state index in [1.807, 2.05) is 36.1 Å². The molecule has 0 bridgehead atoms. The molecule has 44 heavy (non-hydrogen) atoms. The summed E-state index contributed by atoms with van der Waals surface area (Å²) in [6.07, 6.45) is 13.8. The second-order valence-electron chi connectivity index (χ2n) is 13.2. The Labute approximate surface area is 261 Å². The minimum atomic E-state index is -1.14. The Morgan fingerprint density at radius 1 is 1.07 bits per heavy atom. The predicted octanol–water partition coefficient (Wildman–Crippen LogP) is 6.61. The third-order valence-electron chi connectivity index (χ3n) is 10.6. The van der Waals surface area contributed by atoms with Crippen LogP contribution >= 0.6 is 0 Å². The maximum Gasteiger partial charge on any atom is 0.320 e. The number of amides is 2. The number of carbonyl (C=O) groups excluding carboxylic acids is 3. The van der Waals surface area contributed by atoms with Gasteiger partial charge in [-0.3, -0.25) is 14.4 Å². The Kier molecular flexibility index (Phi) is 9.22. The Bertz CT molecular complexity index is 1450. The molecule has 0 unspecified atom stereocenters. The van der Waals surface area contributed by atoms with E-state index in [0.717, 1.165) is 54.1 Å². The van der Waals surface area contributed by atoms with E-state index in [2.05, 4.69) is 35.7 Å². The van der Waals surface area contributed by atoms with Crippen LogP contribution in [0.25, 0.3) is 10.8 Å². The molecule has 234 valence electrons. The lowest BCUT2D eigenvalue weighted by Crippen LogP contribution is -2.60. The molecule has 6 rings (SSSR count). The molecular formula is C37H46N2O5. The van der Waals surface area contributed by atoms with E-state index in [0.29, 0.717) is 19.0 Å². The van der Waals surface area contributed by atoms with Gasteiger partial charge in [-0.1, -0.05) is 67.0 Å². The predicted molar refractivity (Wildman–Crippen MR) is 170 cm³/mol. The van der Waals surface area contributed by atoms with Crippen molar-refractivity contribution < 1.29 is 23.9 Å². The second kappa shape index (κ2) is 13.3. The Morgan fingerprint density at radius 2 is 1.86 bits per heavy atom. The normalized spacial score (nSPS) is 27.5. The summed E-state index contributed by atoms with van der Waals surface area (Å²) in [5.41, 5.74) is 1.99. The molecule has 1 N–H and O–H groups in total. The molecule has 1 saturated heterocycles. The number of allylic oxidation sites excluding steroid dienone is 1. The number of hydrogen-bond donors (Lipinski definition) is 1. The fraction of sp³-hybridized carbons (Fsp3) is 0.541. The van der Waals surface area contributed by atoms with Crippen molar-refractivity contribution >= 4 is 28.6 Å². The van der Waals surface area contributed by atoms with Crippen LogP contribution in [0.15, 0.2) is 65.9 Å². The van der Waals surface area contributed by atoms with Gasteiger partial charge in [0.15, 0.2) is 0 Å². The van der Waals surface area contributed by atoms with Gasteiger partial charge in [0, 0.05) is 31.1 Å². The van der Waals surface area contributed by atoms with Gasteiger partial charge in [-0.05, 0) is 86.6 Å². The highest BCUT2D eigenvalue weighted by molar-refractivity contribution is 5.93. The summed E-state index contributed by atoms with van der Waals surface area (Å²) >= 11 is 0. The average molecular weight is 599 g/mol. The van der Waals surface area contributed by atoms with E-state index in [-0.39, 0.29) is 30.8 Å². The zero-order valence-corrected chi connectivity index (χ0v) is 26.2. The number of benzene rings is 2. The lowest BCUT2D eigenvalue weighted by Gasteiger charge is -2.52. The van der Waals surface area contributed by atoms with Crippen LogP contribution in [0.2, 0.25) is 0 Å². The second-order valence-corrected chi connectivity index (χ2v) is 13.2. The summed E-state index contributed by atoms with van der Waals surface area (Å²) in [5, 5.41) is 5.27. The smallest absolute Gasteiger partial charge is 0.320 e. The maximum absolute atomic E-state index is 14.3. The Hall–Kier alpha value is -3.45. The highest BCUT2D eigenvalue weighted by Gasteiger charge is 2.60. The zero-order valence-electron chi connectivity index (χ0n) is 26.2. The SMILES string of the molecule is COC(=O)[C@]12C[C@H](CC(=O)NCc3cccc4ccccc34)C(=O)N(CCC3=CCCCC3)C1=C[C@H](C1CCCC1)O[C@@H]2C. The number of nitrogens with zero attached hydrogens (tertiary/aromatic N) is 1. The van der Waals surface area contributed by atoms with Gasteiger partial charge in [-0.15, -0.1) is 0 Å². The van der Waals surface area contributed by atoms with Crippen molar-refractivity contribution in [1.82, 2.24) is 10.2 Å². The number of fused-ring (bicyclic) bond motifs is 2. The number of rotatable bonds is 9. The van der Waals surface area contributed by atoms with Crippen molar-refractivity contribution in [3.05, 3.63) is 71.5 Å². The van der Waals surface area contributed by atoms with E-state index >= 15 is 0 Å². The zero-order chi connectivity index (χ0) is 30.7. The van der Waals surface area contributed by atoms with Crippen LogP contribution in [0.3, 0.4) is 0 Å². The largest absolute Gasteiger partial charge is 0.468 e. The van der Waals surface area contributed by atoms with Crippen LogP contribution in [0.5, 0.6) is 0 Å². The quantitative estimate of drug-likeness (QED) is 0.260. The molecule has 7 heteroatoms. The molecule has 2 aliphatic carbocycles. The van der Waals surface area contributed by atoms with Gasteiger partial charge >= 0.3 is 5.97 Å². The van der Waals surface area contributed by atoms with Gasteiger partial charge < -0.3 is 19.7 Å². The lowest BCUT2D eigenvalue weighted by atomic mass is 9.66. The fourth-order valence-electron chi connectivity index (χ4n) is 8.10. The van der Waals surface area contributed by atoms with Crippen molar-refractivity contribution in [1.29, 1.82) is 0 Å². The number of carbonyl (C=O) groups is 3. The molecule has 0 radical (unpaired) electrons. The van der Waals surface area contributed by atoms with Crippen LogP contribution in [-0.2, 0) is 30.4 Å².